The van der Waals surface area contributed by atoms with Crippen LogP contribution in [0.1, 0.15) is 19.3 Å². The molecule has 1 saturated heterocycles. The number of rotatable bonds is 4. The van der Waals surface area contributed by atoms with E-state index >= 15 is 0 Å². The van der Waals surface area contributed by atoms with Gasteiger partial charge in [0.2, 0.25) is 0 Å². The van der Waals surface area contributed by atoms with Crippen LogP contribution in [0.5, 0.6) is 0 Å². The molecule has 0 saturated carbocycles. The van der Waals surface area contributed by atoms with E-state index in [1.165, 1.54) is 19.3 Å². The number of aromatic nitrogens is 2. The van der Waals surface area contributed by atoms with E-state index in [1.54, 1.807) is 6.33 Å². The zero-order valence-corrected chi connectivity index (χ0v) is 9.89. The van der Waals surface area contributed by atoms with E-state index < -0.39 is 0 Å². The molecule has 1 aliphatic heterocycles. The minimum atomic E-state index is 0.880. The maximum absolute atomic E-state index is 4.29. The standard InChI is InChI=1S/C12H20N4/c1-13-6-2-11-4-8-16(9-5-11)12-3-7-14-10-15-12/h3,7,10-11,13H,2,4-6,8-9H2,1H3. The van der Waals surface area contributed by atoms with Crippen molar-refractivity contribution in [3.05, 3.63) is 18.6 Å². The molecule has 0 atom stereocenters. The first-order valence-corrected chi connectivity index (χ1v) is 6.05. The third-order valence-electron chi connectivity index (χ3n) is 3.31. The summed E-state index contributed by atoms with van der Waals surface area (Å²) in [6.45, 7) is 3.40. The van der Waals surface area contributed by atoms with Gasteiger partial charge in [0.05, 0.1) is 0 Å². The molecule has 0 aliphatic carbocycles. The molecule has 1 N–H and O–H groups in total. The van der Waals surface area contributed by atoms with Crippen LogP contribution in [0.2, 0.25) is 0 Å². The lowest BCUT2D eigenvalue weighted by Crippen LogP contribution is -2.34. The summed E-state index contributed by atoms with van der Waals surface area (Å²) >= 11 is 0. The zero-order chi connectivity index (χ0) is 11.2. The van der Waals surface area contributed by atoms with E-state index in [0.717, 1.165) is 31.4 Å². The van der Waals surface area contributed by atoms with Crippen molar-refractivity contribution in [3.8, 4) is 0 Å². The summed E-state index contributed by atoms with van der Waals surface area (Å²) in [5.74, 6) is 1.95. The smallest absolute Gasteiger partial charge is 0.131 e. The van der Waals surface area contributed by atoms with Crippen LogP contribution >= 0.6 is 0 Å². The predicted molar refractivity (Wildman–Crippen MR) is 65.5 cm³/mol. The zero-order valence-electron chi connectivity index (χ0n) is 9.89. The van der Waals surface area contributed by atoms with Gasteiger partial charge in [-0.1, -0.05) is 0 Å². The van der Waals surface area contributed by atoms with Gasteiger partial charge in [0.1, 0.15) is 12.1 Å². The lowest BCUT2D eigenvalue weighted by molar-refractivity contribution is 0.377. The average molecular weight is 220 g/mol. The third kappa shape index (κ3) is 2.92. The second-order valence-corrected chi connectivity index (χ2v) is 4.39. The van der Waals surface area contributed by atoms with Gasteiger partial charge in [-0.05, 0) is 44.8 Å². The highest BCUT2D eigenvalue weighted by Gasteiger charge is 2.19. The van der Waals surface area contributed by atoms with Crippen LogP contribution in [0.3, 0.4) is 0 Å². The van der Waals surface area contributed by atoms with Gasteiger partial charge < -0.3 is 10.2 Å². The Balaban J connectivity index is 1.81. The topological polar surface area (TPSA) is 41.0 Å². The van der Waals surface area contributed by atoms with Crippen molar-refractivity contribution < 1.29 is 0 Å². The fourth-order valence-electron chi connectivity index (χ4n) is 2.27. The Morgan fingerprint density at radius 3 is 2.88 bits per heavy atom. The molecular formula is C12H20N4. The van der Waals surface area contributed by atoms with Crippen LogP contribution in [0.15, 0.2) is 18.6 Å². The highest BCUT2D eigenvalue weighted by atomic mass is 15.2. The van der Waals surface area contributed by atoms with Crippen molar-refractivity contribution in [2.24, 2.45) is 5.92 Å². The molecule has 16 heavy (non-hydrogen) atoms. The number of piperidine rings is 1. The molecule has 1 aromatic rings. The first kappa shape index (κ1) is 11.3. The van der Waals surface area contributed by atoms with Gasteiger partial charge in [0, 0.05) is 19.3 Å². The van der Waals surface area contributed by atoms with Crippen LogP contribution in [0.25, 0.3) is 0 Å². The molecule has 1 aromatic heterocycles. The lowest BCUT2D eigenvalue weighted by Gasteiger charge is -2.32. The summed E-state index contributed by atoms with van der Waals surface area (Å²) < 4.78 is 0. The minimum Gasteiger partial charge on any atom is -0.357 e. The minimum absolute atomic E-state index is 0.880. The Kier molecular flexibility index (Phi) is 4.10. The fourth-order valence-corrected chi connectivity index (χ4v) is 2.27. The van der Waals surface area contributed by atoms with Gasteiger partial charge in [0.25, 0.3) is 0 Å². The van der Waals surface area contributed by atoms with Crippen LogP contribution in [-0.2, 0) is 0 Å². The number of anilines is 1. The Morgan fingerprint density at radius 2 is 2.25 bits per heavy atom. The van der Waals surface area contributed by atoms with Gasteiger partial charge in [-0.2, -0.15) is 0 Å². The number of hydrogen-bond acceptors (Lipinski definition) is 4. The number of hydrogen-bond donors (Lipinski definition) is 1. The van der Waals surface area contributed by atoms with Crippen molar-refractivity contribution in [2.75, 3.05) is 31.6 Å². The molecule has 2 rings (SSSR count). The summed E-state index contributed by atoms with van der Waals surface area (Å²) in [5.41, 5.74) is 0. The second kappa shape index (κ2) is 5.80. The average Bonchev–Trinajstić information content (AvgIpc) is 2.38. The van der Waals surface area contributed by atoms with Gasteiger partial charge >= 0.3 is 0 Å². The molecular weight excluding hydrogens is 200 g/mol. The largest absolute Gasteiger partial charge is 0.357 e. The van der Waals surface area contributed by atoms with Crippen molar-refractivity contribution in [1.29, 1.82) is 0 Å². The molecule has 0 radical (unpaired) electrons. The van der Waals surface area contributed by atoms with Crippen molar-refractivity contribution >= 4 is 5.82 Å². The number of nitrogens with zero attached hydrogens (tertiary/aromatic N) is 3. The quantitative estimate of drug-likeness (QED) is 0.830. The summed E-state index contributed by atoms with van der Waals surface area (Å²) in [6.07, 6.45) is 7.31. The van der Waals surface area contributed by atoms with Gasteiger partial charge in [-0.15, -0.1) is 0 Å². The van der Waals surface area contributed by atoms with Crippen LogP contribution in [0, 0.1) is 5.92 Å². The Morgan fingerprint density at radius 1 is 1.44 bits per heavy atom. The fraction of sp³-hybridized carbons (Fsp3) is 0.667. The first-order valence-electron chi connectivity index (χ1n) is 6.05. The highest BCUT2D eigenvalue weighted by molar-refractivity contribution is 5.36. The molecule has 0 amide bonds. The van der Waals surface area contributed by atoms with Gasteiger partial charge in [-0.3, -0.25) is 0 Å². The molecule has 1 fully saturated rings. The Bertz CT molecular complexity index is 293. The van der Waals surface area contributed by atoms with E-state index in [9.17, 15) is 0 Å². The van der Waals surface area contributed by atoms with Crippen molar-refractivity contribution in [3.63, 3.8) is 0 Å². The lowest BCUT2D eigenvalue weighted by atomic mass is 9.93. The molecule has 1 aliphatic rings. The summed E-state index contributed by atoms with van der Waals surface area (Å²) in [7, 11) is 2.02. The van der Waals surface area contributed by atoms with Crippen LogP contribution in [0.4, 0.5) is 5.82 Å². The maximum Gasteiger partial charge on any atom is 0.131 e. The maximum atomic E-state index is 4.29. The van der Waals surface area contributed by atoms with Crippen molar-refractivity contribution in [2.45, 2.75) is 19.3 Å². The van der Waals surface area contributed by atoms with Crippen LogP contribution in [-0.4, -0.2) is 36.6 Å². The van der Waals surface area contributed by atoms with E-state index in [2.05, 4.69) is 20.2 Å². The van der Waals surface area contributed by atoms with E-state index in [-0.39, 0.29) is 0 Å². The van der Waals surface area contributed by atoms with E-state index in [4.69, 9.17) is 0 Å². The Labute approximate surface area is 97.1 Å². The second-order valence-electron chi connectivity index (χ2n) is 4.39. The van der Waals surface area contributed by atoms with Crippen LogP contribution < -0.4 is 10.2 Å². The van der Waals surface area contributed by atoms with Crippen molar-refractivity contribution in [1.82, 2.24) is 15.3 Å². The molecule has 0 unspecified atom stereocenters. The molecule has 4 nitrogen and oxygen atoms in total. The predicted octanol–water partition coefficient (Wildman–Crippen LogP) is 1.30. The third-order valence-corrected chi connectivity index (χ3v) is 3.31. The highest BCUT2D eigenvalue weighted by Crippen LogP contribution is 2.22. The monoisotopic (exact) mass is 220 g/mol. The summed E-state index contributed by atoms with van der Waals surface area (Å²) in [5, 5.41) is 3.22. The number of nitrogens with one attached hydrogen (secondary N) is 1. The molecule has 0 spiro atoms. The molecule has 4 heteroatoms. The summed E-state index contributed by atoms with van der Waals surface area (Å²) in [4.78, 5) is 10.6. The normalized spacial score (nSPS) is 17.7. The summed E-state index contributed by atoms with van der Waals surface area (Å²) in [6, 6.07) is 1.99. The first-order chi connectivity index (χ1) is 7.90. The van der Waals surface area contributed by atoms with Gasteiger partial charge in [-0.25, -0.2) is 9.97 Å². The molecule has 2 heterocycles. The Hall–Kier alpha value is -1.16. The molecule has 88 valence electrons. The SMILES string of the molecule is CNCCC1CCN(c2ccncn2)CC1. The van der Waals surface area contributed by atoms with E-state index in [1.807, 2.05) is 19.3 Å². The molecule has 0 aromatic carbocycles. The molecule has 0 bridgehead atoms. The van der Waals surface area contributed by atoms with Gasteiger partial charge in [0.15, 0.2) is 0 Å². The van der Waals surface area contributed by atoms with E-state index in [0.29, 0.717) is 0 Å².